The molecule has 1 unspecified atom stereocenters. The standard InChI is InChI=1S/C20H35N5O3.HI/c1-16(2)18(25-8-10-27-11-9-25)15-24-20(21-3)23-14-17-6-5-7-22-19(17)28-13-12-26-4;/h5-7,16,18H,8-15H2,1-4H3,(H2,21,23,24);1H. The summed E-state index contributed by atoms with van der Waals surface area (Å²) >= 11 is 0. The zero-order valence-corrected chi connectivity index (χ0v) is 20.3. The maximum Gasteiger partial charge on any atom is 0.218 e. The molecule has 0 saturated carbocycles. The molecular formula is C20H36IN5O3. The van der Waals surface area contributed by atoms with Gasteiger partial charge in [0.15, 0.2) is 5.96 Å². The van der Waals surface area contributed by atoms with E-state index >= 15 is 0 Å². The van der Waals surface area contributed by atoms with Crippen molar-refractivity contribution in [1.82, 2.24) is 20.5 Å². The van der Waals surface area contributed by atoms with Gasteiger partial charge in [0, 0.05) is 58.1 Å². The van der Waals surface area contributed by atoms with E-state index in [0.717, 1.165) is 44.4 Å². The van der Waals surface area contributed by atoms with Crippen LogP contribution >= 0.6 is 24.0 Å². The second kappa shape index (κ2) is 14.8. The van der Waals surface area contributed by atoms with E-state index in [0.29, 0.717) is 37.6 Å². The van der Waals surface area contributed by atoms with E-state index in [1.165, 1.54) is 0 Å². The number of hydrogen-bond acceptors (Lipinski definition) is 6. The number of methoxy groups -OCH3 is 1. The minimum Gasteiger partial charge on any atom is -0.475 e. The van der Waals surface area contributed by atoms with Gasteiger partial charge in [-0.2, -0.15) is 0 Å². The van der Waals surface area contributed by atoms with E-state index in [1.807, 2.05) is 12.1 Å². The maximum atomic E-state index is 5.70. The van der Waals surface area contributed by atoms with E-state index in [1.54, 1.807) is 20.4 Å². The third-order valence-corrected chi connectivity index (χ3v) is 4.81. The van der Waals surface area contributed by atoms with Crippen molar-refractivity contribution in [2.24, 2.45) is 10.9 Å². The summed E-state index contributed by atoms with van der Waals surface area (Å²) < 4.78 is 16.2. The fourth-order valence-corrected chi connectivity index (χ4v) is 3.21. The molecule has 0 spiro atoms. The molecule has 1 aliphatic heterocycles. The van der Waals surface area contributed by atoms with Crippen LogP contribution in [-0.4, -0.2) is 82.1 Å². The lowest BCUT2D eigenvalue weighted by Gasteiger charge is -2.37. The summed E-state index contributed by atoms with van der Waals surface area (Å²) in [6.45, 7) is 10.5. The number of nitrogens with zero attached hydrogens (tertiary/aromatic N) is 3. The fraction of sp³-hybridized carbons (Fsp3) is 0.700. The minimum atomic E-state index is 0. The number of pyridine rings is 1. The Balaban J connectivity index is 0.00000420. The van der Waals surface area contributed by atoms with Gasteiger partial charge < -0.3 is 24.8 Å². The van der Waals surface area contributed by atoms with Crippen LogP contribution in [0.4, 0.5) is 0 Å². The Morgan fingerprint density at radius 1 is 1.28 bits per heavy atom. The van der Waals surface area contributed by atoms with E-state index in [2.05, 4.69) is 39.4 Å². The Bertz CT molecular complexity index is 597. The van der Waals surface area contributed by atoms with Crippen molar-refractivity contribution in [1.29, 1.82) is 0 Å². The lowest BCUT2D eigenvalue weighted by Crippen LogP contribution is -2.52. The zero-order chi connectivity index (χ0) is 20.2. The Kier molecular flexibility index (Phi) is 13.2. The van der Waals surface area contributed by atoms with Gasteiger partial charge in [-0.3, -0.25) is 9.89 Å². The molecule has 1 atom stereocenters. The third-order valence-electron chi connectivity index (χ3n) is 4.81. The van der Waals surface area contributed by atoms with E-state index in [-0.39, 0.29) is 24.0 Å². The summed E-state index contributed by atoms with van der Waals surface area (Å²) in [6.07, 6.45) is 1.73. The first-order chi connectivity index (χ1) is 13.7. The molecule has 1 aliphatic rings. The van der Waals surface area contributed by atoms with Gasteiger partial charge in [-0.15, -0.1) is 24.0 Å². The molecule has 29 heavy (non-hydrogen) atoms. The number of hydrogen-bond donors (Lipinski definition) is 2. The molecule has 9 heteroatoms. The first-order valence-corrected chi connectivity index (χ1v) is 9.97. The molecule has 2 heterocycles. The molecule has 2 N–H and O–H groups in total. The fourth-order valence-electron chi connectivity index (χ4n) is 3.21. The zero-order valence-electron chi connectivity index (χ0n) is 18.0. The number of rotatable bonds is 10. The maximum absolute atomic E-state index is 5.70. The van der Waals surface area contributed by atoms with Gasteiger partial charge in [-0.25, -0.2) is 4.98 Å². The molecule has 0 amide bonds. The second-order valence-electron chi connectivity index (χ2n) is 7.08. The van der Waals surface area contributed by atoms with Crippen LogP contribution in [0.1, 0.15) is 19.4 Å². The highest BCUT2D eigenvalue weighted by atomic mass is 127. The number of morpholine rings is 1. The van der Waals surface area contributed by atoms with Crippen LogP contribution in [0.2, 0.25) is 0 Å². The molecule has 1 fully saturated rings. The number of ether oxygens (including phenoxy) is 3. The Morgan fingerprint density at radius 2 is 2.03 bits per heavy atom. The van der Waals surface area contributed by atoms with Gasteiger partial charge in [-0.1, -0.05) is 19.9 Å². The Hall–Kier alpha value is -1.17. The number of nitrogens with one attached hydrogen (secondary N) is 2. The molecule has 0 aromatic carbocycles. The monoisotopic (exact) mass is 521 g/mol. The number of aliphatic imine (C=N–C) groups is 1. The van der Waals surface area contributed by atoms with Crippen molar-refractivity contribution in [3.63, 3.8) is 0 Å². The molecule has 0 radical (unpaired) electrons. The second-order valence-corrected chi connectivity index (χ2v) is 7.08. The van der Waals surface area contributed by atoms with E-state index in [9.17, 15) is 0 Å². The normalized spacial score (nSPS) is 16.2. The number of guanidine groups is 1. The van der Waals surface area contributed by atoms with Crippen molar-refractivity contribution in [3.05, 3.63) is 23.9 Å². The summed E-state index contributed by atoms with van der Waals surface area (Å²) in [5.41, 5.74) is 0.982. The first-order valence-electron chi connectivity index (χ1n) is 9.97. The topological polar surface area (TPSA) is 80.2 Å². The Labute approximate surface area is 191 Å². The number of aromatic nitrogens is 1. The van der Waals surface area contributed by atoms with Gasteiger partial charge >= 0.3 is 0 Å². The predicted molar refractivity (Wildman–Crippen MR) is 126 cm³/mol. The quantitative estimate of drug-likeness (QED) is 0.210. The Morgan fingerprint density at radius 3 is 2.69 bits per heavy atom. The molecule has 8 nitrogen and oxygen atoms in total. The van der Waals surface area contributed by atoms with Crippen LogP contribution in [0.3, 0.4) is 0 Å². The summed E-state index contributed by atoms with van der Waals surface area (Å²) in [5.74, 6) is 1.93. The first kappa shape index (κ1) is 25.9. The lowest BCUT2D eigenvalue weighted by molar-refractivity contribution is 0.00752. The molecule has 0 bridgehead atoms. The molecule has 2 rings (SSSR count). The van der Waals surface area contributed by atoms with Crippen molar-refractivity contribution >= 4 is 29.9 Å². The average Bonchev–Trinajstić information content (AvgIpc) is 2.72. The molecule has 1 aromatic heterocycles. The third kappa shape index (κ3) is 9.02. The summed E-state index contributed by atoms with van der Waals surface area (Å²) in [4.78, 5) is 11.2. The van der Waals surface area contributed by atoms with Gasteiger partial charge in [0.05, 0.1) is 19.8 Å². The van der Waals surface area contributed by atoms with Gasteiger partial charge in [0.1, 0.15) is 6.61 Å². The molecular weight excluding hydrogens is 485 g/mol. The smallest absolute Gasteiger partial charge is 0.218 e. The largest absolute Gasteiger partial charge is 0.475 e. The van der Waals surface area contributed by atoms with Crippen LogP contribution < -0.4 is 15.4 Å². The highest BCUT2D eigenvalue weighted by molar-refractivity contribution is 14.0. The lowest BCUT2D eigenvalue weighted by atomic mass is 10.0. The van der Waals surface area contributed by atoms with Crippen LogP contribution in [0, 0.1) is 5.92 Å². The molecule has 1 saturated heterocycles. The summed E-state index contributed by atoms with van der Waals surface area (Å²) in [6, 6.07) is 4.35. The van der Waals surface area contributed by atoms with Crippen molar-refractivity contribution < 1.29 is 14.2 Å². The van der Waals surface area contributed by atoms with Crippen LogP contribution in [0.15, 0.2) is 23.3 Å². The van der Waals surface area contributed by atoms with E-state index < -0.39 is 0 Å². The highest BCUT2D eigenvalue weighted by Gasteiger charge is 2.23. The summed E-state index contributed by atoms with van der Waals surface area (Å²) in [5, 5.41) is 6.82. The van der Waals surface area contributed by atoms with Crippen molar-refractivity contribution in [2.75, 3.05) is 60.2 Å². The molecule has 1 aromatic rings. The van der Waals surface area contributed by atoms with Gasteiger partial charge in [0.2, 0.25) is 5.88 Å². The van der Waals surface area contributed by atoms with Crippen LogP contribution in [0.5, 0.6) is 5.88 Å². The summed E-state index contributed by atoms with van der Waals surface area (Å²) in [7, 11) is 3.44. The predicted octanol–water partition coefficient (Wildman–Crippen LogP) is 1.75. The SMILES string of the molecule is CN=C(NCc1cccnc1OCCOC)NCC(C(C)C)N1CCOCC1.I. The van der Waals surface area contributed by atoms with Crippen LogP contribution in [0.25, 0.3) is 0 Å². The van der Waals surface area contributed by atoms with Gasteiger partial charge in [-0.05, 0) is 12.0 Å². The minimum absolute atomic E-state index is 0. The molecule has 166 valence electrons. The highest BCUT2D eigenvalue weighted by Crippen LogP contribution is 2.14. The molecule has 0 aliphatic carbocycles. The van der Waals surface area contributed by atoms with Gasteiger partial charge in [0.25, 0.3) is 0 Å². The van der Waals surface area contributed by atoms with Crippen LogP contribution in [-0.2, 0) is 16.0 Å². The average molecular weight is 521 g/mol. The van der Waals surface area contributed by atoms with Crippen molar-refractivity contribution in [3.8, 4) is 5.88 Å². The van der Waals surface area contributed by atoms with Crippen molar-refractivity contribution in [2.45, 2.75) is 26.4 Å². The van der Waals surface area contributed by atoms with E-state index in [4.69, 9.17) is 14.2 Å². The number of halogens is 1.